The number of imidazole rings is 1. The largest absolute Gasteiger partial charge is 0.354 e. The number of aromatic nitrogens is 4. The Morgan fingerprint density at radius 2 is 1.79 bits per heavy atom. The summed E-state index contributed by atoms with van der Waals surface area (Å²) in [4.78, 5) is 16.2. The van der Waals surface area contributed by atoms with Crippen molar-refractivity contribution >= 4 is 21.2 Å². The van der Waals surface area contributed by atoms with Crippen molar-refractivity contribution in [1.82, 2.24) is 19.7 Å². The van der Waals surface area contributed by atoms with Crippen molar-refractivity contribution in [3.05, 3.63) is 82.4 Å². The van der Waals surface area contributed by atoms with Gasteiger partial charge in [-0.25, -0.2) is 10.1 Å². The molecule has 28 heavy (non-hydrogen) atoms. The lowest BCUT2D eigenvalue weighted by atomic mass is 10.2. The summed E-state index contributed by atoms with van der Waals surface area (Å²) >= 11 is 0. The minimum atomic E-state index is -4.13. The molecule has 0 atom stereocenters. The number of nitrogens with one attached hydrogen (secondary N) is 1. The Bertz CT molecular complexity index is 1290. The van der Waals surface area contributed by atoms with Crippen LogP contribution in [-0.4, -0.2) is 28.2 Å². The molecule has 9 heteroatoms. The molecule has 0 radical (unpaired) electrons. The highest BCUT2D eigenvalue weighted by Crippen LogP contribution is 2.24. The van der Waals surface area contributed by atoms with Crippen LogP contribution in [0.15, 0.2) is 70.6 Å². The molecule has 0 aliphatic heterocycles. The summed E-state index contributed by atoms with van der Waals surface area (Å²) in [6.07, 6.45) is 1.46. The molecule has 0 spiro atoms. The minimum absolute atomic E-state index is 0.00613. The number of nitrogens with zero attached hydrogens (tertiary/aromatic N) is 3. The predicted octanol–water partition coefficient (Wildman–Crippen LogP) is 2.24. The van der Waals surface area contributed by atoms with E-state index in [1.807, 2.05) is 37.3 Å². The zero-order valence-electron chi connectivity index (χ0n) is 14.9. The van der Waals surface area contributed by atoms with Gasteiger partial charge in [0.15, 0.2) is 5.52 Å². The fourth-order valence-electron chi connectivity index (χ4n) is 2.80. The first-order chi connectivity index (χ1) is 13.4. The fraction of sp³-hybridized carbons (Fsp3) is 0.105. The van der Waals surface area contributed by atoms with Gasteiger partial charge >= 0.3 is 10.1 Å². The molecule has 0 unspecified atom stereocenters. The van der Waals surface area contributed by atoms with Gasteiger partial charge in [0, 0.05) is 6.54 Å². The zero-order valence-corrected chi connectivity index (χ0v) is 15.7. The van der Waals surface area contributed by atoms with Gasteiger partial charge in [-0.1, -0.05) is 48.0 Å². The molecule has 0 aliphatic rings. The number of rotatable bonds is 5. The molecule has 0 fully saturated rings. The van der Waals surface area contributed by atoms with Crippen LogP contribution in [0.25, 0.3) is 11.0 Å². The second kappa shape index (κ2) is 6.93. The number of hydrogen-bond donors (Lipinski definition) is 1. The second-order valence-corrected chi connectivity index (χ2v) is 7.81. The number of hydrogen-bond acceptors (Lipinski definition) is 6. The summed E-state index contributed by atoms with van der Waals surface area (Å²) in [5, 5.41) is 6.04. The lowest BCUT2D eigenvalue weighted by Crippen LogP contribution is -2.16. The van der Waals surface area contributed by atoms with Crippen LogP contribution in [0.3, 0.4) is 0 Å². The van der Waals surface area contributed by atoms with E-state index < -0.39 is 15.7 Å². The van der Waals surface area contributed by atoms with E-state index in [1.54, 1.807) is 16.7 Å². The lowest BCUT2D eigenvalue weighted by Gasteiger charge is -2.09. The molecule has 142 valence electrons. The van der Waals surface area contributed by atoms with Crippen LogP contribution in [0.4, 0.5) is 0 Å². The summed E-state index contributed by atoms with van der Waals surface area (Å²) in [7, 11) is -4.13. The van der Waals surface area contributed by atoms with E-state index >= 15 is 0 Å². The average molecular weight is 396 g/mol. The van der Waals surface area contributed by atoms with Gasteiger partial charge in [-0.3, -0.25) is 4.79 Å². The lowest BCUT2D eigenvalue weighted by molar-refractivity contribution is 0.473. The topological polar surface area (TPSA) is 107 Å². The molecule has 4 aromatic rings. The normalized spacial score (nSPS) is 11.6. The molecule has 0 saturated carbocycles. The van der Waals surface area contributed by atoms with Crippen molar-refractivity contribution < 1.29 is 12.6 Å². The van der Waals surface area contributed by atoms with E-state index in [-0.39, 0.29) is 21.8 Å². The number of aromatic amines is 1. The van der Waals surface area contributed by atoms with Gasteiger partial charge < -0.3 is 8.75 Å². The third-order valence-electron chi connectivity index (χ3n) is 4.21. The van der Waals surface area contributed by atoms with Crippen LogP contribution in [0.5, 0.6) is 5.88 Å². The molecular formula is C19H16N4O4S. The van der Waals surface area contributed by atoms with Gasteiger partial charge in [0.05, 0.1) is 6.33 Å². The number of fused-ring (bicyclic) bond motifs is 1. The highest BCUT2D eigenvalue weighted by atomic mass is 32.2. The zero-order chi connectivity index (χ0) is 19.7. The number of aryl methyl sites for hydroxylation is 1. The number of H-pyrrole nitrogens is 1. The molecule has 0 saturated heterocycles. The Morgan fingerprint density at radius 3 is 2.50 bits per heavy atom. The van der Waals surface area contributed by atoms with Crippen molar-refractivity contribution in [1.29, 1.82) is 0 Å². The maximum atomic E-state index is 12.6. The molecule has 1 N–H and O–H groups in total. The molecule has 4 rings (SSSR count). The predicted molar refractivity (Wildman–Crippen MR) is 103 cm³/mol. The smallest absolute Gasteiger partial charge is 0.340 e. The summed E-state index contributed by atoms with van der Waals surface area (Å²) in [6.45, 7) is 2.23. The molecule has 0 aliphatic carbocycles. The Balaban J connectivity index is 1.78. The second-order valence-electron chi connectivity index (χ2n) is 6.26. The van der Waals surface area contributed by atoms with E-state index in [4.69, 9.17) is 4.18 Å². The SMILES string of the molecule is Cc1ccc(S(=O)(=O)Oc2n[nH]c(=O)c3ncn(Cc4ccccc4)c23)cc1. The van der Waals surface area contributed by atoms with Crippen LogP contribution in [0, 0.1) is 6.92 Å². The summed E-state index contributed by atoms with van der Waals surface area (Å²) in [5.74, 6) is -0.233. The summed E-state index contributed by atoms with van der Waals surface area (Å²) < 4.78 is 32.2. The monoisotopic (exact) mass is 396 g/mol. The van der Waals surface area contributed by atoms with Gasteiger partial charge in [-0.15, -0.1) is 5.10 Å². The van der Waals surface area contributed by atoms with Gasteiger partial charge in [0.2, 0.25) is 0 Å². The van der Waals surface area contributed by atoms with Gasteiger partial charge in [0.25, 0.3) is 11.4 Å². The van der Waals surface area contributed by atoms with Gasteiger partial charge in [-0.05, 0) is 24.6 Å². The van der Waals surface area contributed by atoms with E-state index in [0.29, 0.717) is 6.54 Å². The Labute approximate surface area is 160 Å². The molecule has 8 nitrogen and oxygen atoms in total. The van der Waals surface area contributed by atoms with E-state index in [9.17, 15) is 13.2 Å². The molecule has 0 amide bonds. The van der Waals surface area contributed by atoms with E-state index in [1.165, 1.54) is 18.5 Å². The van der Waals surface area contributed by atoms with Crippen LogP contribution in [-0.2, 0) is 16.7 Å². The maximum Gasteiger partial charge on any atom is 0.340 e. The minimum Gasteiger partial charge on any atom is -0.354 e. The standard InChI is InChI=1S/C19H16N4O4S/c1-13-7-9-15(10-8-13)28(25,26)27-19-17-16(18(24)21-22-19)20-12-23(17)11-14-5-3-2-4-6-14/h2-10,12H,11H2,1H3,(H,21,24). The van der Waals surface area contributed by atoms with Gasteiger partial charge in [-0.2, -0.15) is 8.42 Å². The van der Waals surface area contributed by atoms with Crippen LogP contribution in [0.2, 0.25) is 0 Å². The third-order valence-corrected chi connectivity index (χ3v) is 5.44. The summed E-state index contributed by atoms with van der Waals surface area (Å²) in [5.41, 5.74) is 1.61. The molecule has 2 aromatic heterocycles. The van der Waals surface area contributed by atoms with Crippen LogP contribution in [0.1, 0.15) is 11.1 Å². The van der Waals surface area contributed by atoms with Crippen molar-refractivity contribution in [2.24, 2.45) is 0 Å². The third kappa shape index (κ3) is 3.39. The molecule has 0 bridgehead atoms. The highest BCUT2D eigenvalue weighted by Gasteiger charge is 2.22. The number of benzene rings is 2. The van der Waals surface area contributed by atoms with E-state index in [2.05, 4.69) is 15.2 Å². The maximum absolute atomic E-state index is 12.6. The molecule has 2 heterocycles. The van der Waals surface area contributed by atoms with Crippen molar-refractivity contribution in [3.63, 3.8) is 0 Å². The first-order valence-corrected chi connectivity index (χ1v) is 9.83. The van der Waals surface area contributed by atoms with Crippen LogP contribution < -0.4 is 9.74 Å². The quantitative estimate of drug-likeness (QED) is 0.519. The van der Waals surface area contributed by atoms with Crippen molar-refractivity contribution in [3.8, 4) is 5.88 Å². The Hall–Kier alpha value is -3.46. The van der Waals surface area contributed by atoms with E-state index in [0.717, 1.165) is 11.1 Å². The first-order valence-electron chi connectivity index (χ1n) is 8.43. The summed E-state index contributed by atoms with van der Waals surface area (Å²) in [6, 6.07) is 15.7. The fourth-order valence-corrected chi connectivity index (χ4v) is 3.68. The van der Waals surface area contributed by atoms with Crippen molar-refractivity contribution in [2.75, 3.05) is 0 Å². The highest BCUT2D eigenvalue weighted by molar-refractivity contribution is 7.87. The first kappa shape index (κ1) is 17.9. The van der Waals surface area contributed by atoms with Crippen molar-refractivity contribution in [2.45, 2.75) is 18.4 Å². The average Bonchev–Trinajstić information content (AvgIpc) is 3.10. The molecule has 2 aromatic carbocycles. The Kier molecular flexibility index (Phi) is 4.44. The Morgan fingerprint density at radius 1 is 1.07 bits per heavy atom. The van der Waals surface area contributed by atoms with Crippen LogP contribution >= 0.6 is 0 Å². The van der Waals surface area contributed by atoms with Gasteiger partial charge in [0.1, 0.15) is 10.4 Å². The molecular weight excluding hydrogens is 380 g/mol.